The lowest BCUT2D eigenvalue weighted by Crippen LogP contribution is -2.64. The molecule has 3 aliphatic rings. The van der Waals surface area contributed by atoms with Gasteiger partial charge in [0, 0.05) is 45.8 Å². The largest absolute Gasteiger partial charge is 0.367 e. The molecule has 37 heavy (non-hydrogen) atoms. The van der Waals surface area contributed by atoms with Gasteiger partial charge in [0.2, 0.25) is 5.91 Å². The predicted octanol–water partition coefficient (Wildman–Crippen LogP) is 2.48. The monoisotopic (exact) mass is 517 g/mol. The topological polar surface area (TPSA) is 122 Å². The van der Waals surface area contributed by atoms with Crippen molar-refractivity contribution in [3.63, 3.8) is 0 Å². The van der Waals surface area contributed by atoms with E-state index in [-0.39, 0.29) is 23.7 Å². The van der Waals surface area contributed by atoms with Crippen molar-refractivity contribution in [1.82, 2.24) is 29.4 Å². The van der Waals surface area contributed by atoms with Gasteiger partial charge in [-0.3, -0.25) is 9.69 Å². The highest BCUT2D eigenvalue weighted by Crippen LogP contribution is 2.37. The number of benzene rings is 1. The number of carbonyl (C=O) groups is 1. The number of rotatable bonds is 5. The molecule has 1 unspecified atom stereocenters. The van der Waals surface area contributed by atoms with E-state index in [0.717, 1.165) is 32.5 Å². The van der Waals surface area contributed by atoms with Crippen molar-refractivity contribution in [3.05, 3.63) is 40.3 Å². The number of carbonyl (C=O) groups excluding carboxylic acids is 1. The molecule has 3 aromatic rings. The van der Waals surface area contributed by atoms with Gasteiger partial charge in [-0.05, 0) is 25.0 Å². The number of halogens is 1. The molecule has 2 saturated heterocycles. The van der Waals surface area contributed by atoms with Crippen LogP contribution in [0.2, 0.25) is 5.02 Å². The molecule has 0 spiro atoms. The number of amides is 1. The van der Waals surface area contributed by atoms with Gasteiger partial charge in [-0.2, -0.15) is 10.2 Å². The Morgan fingerprint density at radius 2 is 2.05 bits per heavy atom. The number of aromatic nitrogens is 4. The molecule has 13 heteroatoms. The van der Waals surface area contributed by atoms with E-state index in [1.807, 2.05) is 7.05 Å². The van der Waals surface area contributed by atoms with Gasteiger partial charge in [-0.25, -0.2) is 4.98 Å². The molecule has 2 N–H and O–H groups in total. The zero-order chi connectivity index (χ0) is 25.7. The van der Waals surface area contributed by atoms with Gasteiger partial charge in [-0.15, -0.1) is 4.52 Å². The molecule has 1 aliphatic carbocycles. The third-order valence-electron chi connectivity index (χ3n) is 7.02. The van der Waals surface area contributed by atoms with Gasteiger partial charge in [0.05, 0.1) is 34.2 Å². The minimum absolute atomic E-state index is 0.0928. The molecule has 12 nitrogen and oxygen atoms in total. The summed E-state index contributed by atoms with van der Waals surface area (Å²) in [4.78, 5) is 31.3. The summed E-state index contributed by atoms with van der Waals surface area (Å²) >= 11 is 6.89. The second-order valence-electron chi connectivity index (χ2n) is 9.52. The summed E-state index contributed by atoms with van der Waals surface area (Å²) in [7, 11) is 1.83. The molecule has 2 aliphatic heterocycles. The maximum absolute atomic E-state index is 12.8. The first kappa shape index (κ1) is 23.3. The van der Waals surface area contributed by atoms with Crippen molar-refractivity contribution in [2.45, 2.75) is 24.9 Å². The van der Waals surface area contributed by atoms with Crippen LogP contribution in [0.5, 0.6) is 0 Å². The standard InChI is InChI=1S/C24H24ClN11O/c1-27-19-12-28-22-21(29-15-3-4-15)31-24(32-36(19)22)30-16-9-14(11-26)10-17(20(16)25)35-8-7-34-6-5-33(2)23(37)18(34)13-35/h9-10,12,15,18H,3-8,13H2,2H3,(H2,29,30,31,32). The van der Waals surface area contributed by atoms with Gasteiger partial charge in [-0.1, -0.05) is 23.3 Å². The minimum Gasteiger partial charge on any atom is -0.367 e. The van der Waals surface area contributed by atoms with Crippen LogP contribution < -0.4 is 15.5 Å². The lowest BCUT2D eigenvalue weighted by atomic mass is 10.1. The third kappa shape index (κ3) is 4.24. The number of hydrogen-bond acceptors (Lipinski definition) is 9. The first-order chi connectivity index (χ1) is 17.9. The van der Waals surface area contributed by atoms with Gasteiger partial charge in [0.1, 0.15) is 6.04 Å². The number of nitriles is 1. The quantitative estimate of drug-likeness (QED) is 0.491. The lowest BCUT2D eigenvalue weighted by molar-refractivity contribution is -0.140. The highest BCUT2D eigenvalue weighted by atomic mass is 35.5. The first-order valence-corrected chi connectivity index (χ1v) is 12.5. The van der Waals surface area contributed by atoms with Crippen molar-refractivity contribution in [2.75, 3.05) is 55.3 Å². The van der Waals surface area contributed by atoms with Crippen LogP contribution >= 0.6 is 11.6 Å². The summed E-state index contributed by atoms with van der Waals surface area (Å²) in [6.07, 6.45) is 3.55. The Morgan fingerprint density at radius 1 is 1.24 bits per heavy atom. The molecule has 2 aromatic heterocycles. The van der Waals surface area contributed by atoms with Crippen LogP contribution in [0.15, 0.2) is 18.3 Å². The summed E-state index contributed by atoms with van der Waals surface area (Å²) in [6.45, 7) is 10.9. The van der Waals surface area contributed by atoms with Gasteiger partial charge < -0.3 is 25.3 Å². The molecule has 1 amide bonds. The predicted molar refractivity (Wildman–Crippen MR) is 138 cm³/mol. The SMILES string of the molecule is [C-]#[N+]c1cnc2c(NC3CC3)nc(Nc3cc(C#N)cc(N4CCN5CCN(C)C(=O)C5C4)c3Cl)nn12. The summed E-state index contributed by atoms with van der Waals surface area (Å²) in [6, 6.07) is 5.66. The van der Waals surface area contributed by atoms with Crippen molar-refractivity contribution in [2.24, 2.45) is 0 Å². The van der Waals surface area contributed by atoms with E-state index in [1.54, 1.807) is 17.0 Å². The highest BCUT2D eigenvalue weighted by molar-refractivity contribution is 6.36. The lowest BCUT2D eigenvalue weighted by Gasteiger charge is -2.46. The minimum atomic E-state index is -0.249. The van der Waals surface area contributed by atoms with E-state index in [4.69, 9.17) is 18.2 Å². The van der Waals surface area contributed by atoms with Crippen LogP contribution in [0.4, 0.5) is 29.0 Å². The van der Waals surface area contributed by atoms with Gasteiger partial charge in [0.25, 0.3) is 17.4 Å². The van der Waals surface area contributed by atoms with Gasteiger partial charge >= 0.3 is 0 Å². The fourth-order valence-corrected chi connectivity index (χ4v) is 5.09. The number of nitrogens with zero attached hydrogens (tertiary/aromatic N) is 9. The van der Waals surface area contributed by atoms with Crippen LogP contribution in [-0.2, 0) is 4.79 Å². The molecular weight excluding hydrogens is 494 g/mol. The molecular formula is C24H24ClN11O. The molecule has 6 rings (SSSR count). The fraction of sp³-hybridized carbons (Fsp3) is 0.417. The molecule has 0 radical (unpaired) electrons. The number of hydrogen-bond donors (Lipinski definition) is 2. The van der Waals surface area contributed by atoms with Crippen molar-refractivity contribution in [3.8, 4) is 6.07 Å². The summed E-state index contributed by atoms with van der Waals surface area (Å²) in [5.74, 6) is 1.10. The van der Waals surface area contributed by atoms with E-state index < -0.39 is 0 Å². The van der Waals surface area contributed by atoms with Crippen molar-refractivity contribution < 1.29 is 4.79 Å². The van der Waals surface area contributed by atoms with E-state index in [1.165, 1.54) is 10.7 Å². The Kier molecular flexibility index (Phi) is 5.71. The molecule has 0 bridgehead atoms. The van der Waals surface area contributed by atoms with Gasteiger partial charge in [0.15, 0.2) is 5.82 Å². The molecule has 188 valence electrons. The highest BCUT2D eigenvalue weighted by Gasteiger charge is 2.38. The number of imidazole rings is 1. The Labute approximate surface area is 218 Å². The smallest absolute Gasteiger partial charge is 0.275 e. The summed E-state index contributed by atoms with van der Waals surface area (Å²) < 4.78 is 1.44. The van der Waals surface area contributed by atoms with Crippen LogP contribution in [0.25, 0.3) is 10.5 Å². The van der Waals surface area contributed by atoms with Crippen molar-refractivity contribution >= 4 is 52.1 Å². The van der Waals surface area contributed by atoms with E-state index in [2.05, 4.69) is 46.4 Å². The van der Waals surface area contributed by atoms with E-state index in [9.17, 15) is 10.1 Å². The number of anilines is 4. The molecule has 1 aromatic carbocycles. The Hall–Kier alpha value is -4.13. The second kappa shape index (κ2) is 9.07. The Morgan fingerprint density at radius 3 is 2.81 bits per heavy atom. The Bertz CT molecular complexity index is 1480. The number of nitrogens with one attached hydrogen (secondary N) is 2. The molecule has 1 saturated carbocycles. The van der Waals surface area contributed by atoms with Crippen LogP contribution in [-0.4, -0.2) is 87.1 Å². The summed E-state index contributed by atoms with van der Waals surface area (Å²) in [5.41, 5.74) is 2.02. The normalized spacial score (nSPS) is 19.9. The van der Waals surface area contributed by atoms with Crippen LogP contribution in [0.1, 0.15) is 18.4 Å². The zero-order valence-corrected chi connectivity index (χ0v) is 20.9. The average molecular weight is 518 g/mol. The van der Waals surface area contributed by atoms with Crippen molar-refractivity contribution in [1.29, 1.82) is 5.26 Å². The molecule has 3 fully saturated rings. The molecule has 4 heterocycles. The number of likely N-dealkylation sites (N-methyl/N-ethyl adjacent to an activating group) is 1. The summed E-state index contributed by atoms with van der Waals surface area (Å²) in [5, 5.41) is 21.1. The van der Waals surface area contributed by atoms with E-state index in [0.29, 0.717) is 52.6 Å². The zero-order valence-electron chi connectivity index (χ0n) is 20.1. The Balaban J connectivity index is 1.35. The number of piperazine rings is 2. The average Bonchev–Trinajstić information content (AvgIpc) is 3.63. The fourth-order valence-electron chi connectivity index (χ4n) is 4.82. The third-order valence-corrected chi connectivity index (χ3v) is 7.42. The maximum Gasteiger partial charge on any atom is 0.275 e. The number of fused-ring (bicyclic) bond motifs is 2. The molecule has 1 atom stereocenters. The van der Waals surface area contributed by atoms with Crippen LogP contribution in [0.3, 0.4) is 0 Å². The maximum atomic E-state index is 12.8. The second-order valence-corrected chi connectivity index (χ2v) is 9.90. The van der Waals surface area contributed by atoms with E-state index >= 15 is 0 Å². The van der Waals surface area contributed by atoms with Crippen LogP contribution in [0, 0.1) is 17.9 Å². The first-order valence-electron chi connectivity index (χ1n) is 12.1.